The predicted molar refractivity (Wildman–Crippen MR) is 149 cm³/mol. The molecule has 2 aromatic carbocycles. The van der Waals surface area contributed by atoms with Crippen LogP contribution in [0.3, 0.4) is 0 Å². The summed E-state index contributed by atoms with van der Waals surface area (Å²) in [5, 5.41) is 12.5. The molecule has 0 radical (unpaired) electrons. The van der Waals surface area contributed by atoms with Gasteiger partial charge in [0.1, 0.15) is 11.5 Å². The van der Waals surface area contributed by atoms with Crippen LogP contribution in [0.5, 0.6) is 11.5 Å². The molecule has 0 aromatic heterocycles. The van der Waals surface area contributed by atoms with Gasteiger partial charge in [0.15, 0.2) is 0 Å². The first-order valence-electron chi connectivity index (χ1n) is 14.3. The second-order valence-corrected chi connectivity index (χ2v) is 11.4. The van der Waals surface area contributed by atoms with Gasteiger partial charge in [-0.2, -0.15) is 0 Å². The Labute approximate surface area is 235 Å². The highest BCUT2D eigenvalue weighted by atomic mass is 16.5. The van der Waals surface area contributed by atoms with Crippen molar-refractivity contribution in [2.24, 2.45) is 5.41 Å². The zero-order valence-corrected chi connectivity index (χ0v) is 23.1. The Morgan fingerprint density at radius 3 is 2.62 bits per heavy atom. The first-order chi connectivity index (χ1) is 19.3. The van der Waals surface area contributed by atoms with Crippen molar-refractivity contribution >= 4 is 17.7 Å². The molecule has 6 rings (SSSR count). The first kappa shape index (κ1) is 28.1. The maximum atomic E-state index is 13.3. The Morgan fingerprint density at radius 2 is 1.88 bits per heavy atom. The molecule has 214 valence electrons. The molecule has 2 aromatic rings. The van der Waals surface area contributed by atoms with Gasteiger partial charge in [0.25, 0.3) is 0 Å². The van der Waals surface area contributed by atoms with Crippen LogP contribution in [0, 0.1) is 5.41 Å². The van der Waals surface area contributed by atoms with E-state index in [0.717, 1.165) is 24.0 Å². The van der Waals surface area contributed by atoms with Crippen LogP contribution in [0.4, 0.5) is 0 Å². The molecular formula is C31H39N3O6. The minimum atomic E-state index is -0.404. The maximum absolute atomic E-state index is 13.3. The molecule has 4 aliphatic rings. The lowest BCUT2D eigenvalue weighted by Gasteiger charge is -2.40. The van der Waals surface area contributed by atoms with Crippen molar-refractivity contribution in [1.29, 1.82) is 0 Å². The van der Waals surface area contributed by atoms with Gasteiger partial charge >= 0.3 is 0 Å². The van der Waals surface area contributed by atoms with Crippen LogP contribution in [0.1, 0.15) is 50.2 Å². The molecule has 3 aliphatic heterocycles. The number of hydrogen-bond donors (Lipinski definition) is 2. The Kier molecular flexibility index (Phi) is 8.71. The van der Waals surface area contributed by atoms with Crippen molar-refractivity contribution in [2.45, 2.75) is 64.2 Å². The van der Waals surface area contributed by atoms with Crippen LogP contribution < -0.4 is 10.1 Å². The minimum absolute atomic E-state index is 0.0675. The van der Waals surface area contributed by atoms with E-state index in [1.54, 1.807) is 0 Å². The summed E-state index contributed by atoms with van der Waals surface area (Å²) in [5.74, 6) is 1.09. The molecule has 1 saturated carbocycles. The lowest BCUT2D eigenvalue weighted by molar-refractivity contribution is -0.142. The maximum Gasteiger partial charge on any atom is 0.239 e. The number of aryl methyl sites for hydroxylation is 1. The largest absolute Gasteiger partial charge is 0.457 e. The fourth-order valence-corrected chi connectivity index (χ4v) is 5.39. The van der Waals surface area contributed by atoms with E-state index in [1.807, 2.05) is 60.4 Å². The number of ether oxygens (including phenoxy) is 2. The normalized spacial score (nSPS) is 23.2. The van der Waals surface area contributed by atoms with Gasteiger partial charge in [0, 0.05) is 38.1 Å². The molecule has 1 saturated heterocycles. The number of carbonyl (C=O) groups is 3. The van der Waals surface area contributed by atoms with Gasteiger partial charge in [-0.3, -0.25) is 14.4 Å². The topological polar surface area (TPSA) is 108 Å². The second kappa shape index (κ2) is 12.4. The summed E-state index contributed by atoms with van der Waals surface area (Å²) in [6.45, 7) is 3.39. The second-order valence-electron chi connectivity index (χ2n) is 11.4. The Bertz CT molecular complexity index is 1210. The molecule has 4 bridgehead atoms. The van der Waals surface area contributed by atoms with Crippen LogP contribution in [-0.2, 0) is 32.1 Å². The van der Waals surface area contributed by atoms with Crippen molar-refractivity contribution in [1.82, 2.24) is 15.1 Å². The third kappa shape index (κ3) is 7.01. The smallest absolute Gasteiger partial charge is 0.239 e. The van der Waals surface area contributed by atoms with E-state index in [9.17, 15) is 19.5 Å². The van der Waals surface area contributed by atoms with Crippen molar-refractivity contribution in [3.63, 3.8) is 0 Å². The monoisotopic (exact) mass is 549 g/mol. The number of amides is 3. The molecule has 1 aliphatic carbocycles. The SMILES string of the molecule is CC1(C(=O)N2CC[C@@H]3OCc4cccc(c4)Oc4ccc(cc4)CCC(=O)N(CCCO)CC(=O)N[C@H]3C2)CC1. The highest BCUT2D eigenvalue weighted by Gasteiger charge is 2.48. The van der Waals surface area contributed by atoms with Crippen molar-refractivity contribution < 1.29 is 29.0 Å². The quantitative estimate of drug-likeness (QED) is 0.607. The fourth-order valence-electron chi connectivity index (χ4n) is 5.39. The summed E-state index contributed by atoms with van der Waals surface area (Å²) in [7, 11) is 0. The van der Waals surface area contributed by atoms with Gasteiger partial charge in [-0.15, -0.1) is 0 Å². The van der Waals surface area contributed by atoms with Crippen LogP contribution >= 0.6 is 0 Å². The van der Waals surface area contributed by atoms with Crippen LogP contribution in [0.25, 0.3) is 0 Å². The molecule has 9 heteroatoms. The first-order valence-corrected chi connectivity index (χ1v) is 14.3. The number of benzene rings is 2. The van der Waals surface area contributed by atoms with Crippen molar-refractivity contribution in [3.8, 4) is 11.5 Å². The van der Waals surface area contributed by atoms with Gasteiger partial charge in [0.05, 0.1) is 25.3 Å². The lowest BCUT2D eigenvalue weighted by atomic mass is 9.99. The van der Waals surface area contributed by atoms with Gasteiger partial charge in [0.2, 0.25) is 17.7 Å². The third-order valence-corrected chi connectivity index (χ3v) is 8.12. The summed E-state index contributed by atoms with van der Waals surface area (Å²) < 4.78 is 12.4. The van der Waals surface area contributed by atoms with Gasteiger partial charge < -0.3 is 29.7 Å². The summed E-state index contributed by atoms with van der Waals surface area (Å²) in [5.41, 5.74) is 1.65. The van der Waals surface area contributed by atoms with Crippen LogP contribution in [-0.4, -0.2) is 77.6 Å². The zero-order chi connectivity index (χ0) is 28.1. The molecule has 0 spiro atoms. The molecular weight excluding hydrogens is 510 g/mol. The van der Waals surface area contributed by atoms with Crippen LogP contribution in [0.15, 0.2) is 48.5 Å². The molecule has 3 heterocycles. The van der Waals surface area contributed by atoms with Gasteiger partial charge in [-0.1, -0.05) is 31.2 Å². The third-order valence-electron chi connectivity index (χ3n) is 8.12. The number of aliphatic hydroxyl groups excluding tert-OH is 1. The number of nitrogens with one attached hydrogen (secondary N) is 1. The highest BCUT2D eigenvalue weighted by Crippen LogP contribution is 2.46. The number of likely N-dealkylation sites (tertiary alicyclic amines) is 1. The van der Waals surface area contributed by atoms with Crippen LogP contribution in [0.2, 0.25) is 0 Å². The molecule has 2 N–H and O–H groups in total. The molecule has 9 nitrogen and oxygen atoms in total. The van der Waals surface area contributed by atoms with E-state index in [-0.39, 0.29) is 48.8 Å². The average molecular weight is 550 g/mol. The number of hydrogen-bond acceptors (Lipinski definition) is 6. The average Bonchev–Trinajstić information content (AvgIpc) is 3.71. The fraction of sp³-hybridized carbons (Fsp3) is 0.516. The molecule has 40 heavy (non-hydrogen) atoms. The molecule has 2 fully saturated rings. The number of fused-ring (bicyclic) bond motifs is 9. The molecule has 0 unspecified atom stereocenters. The molecule has 2 atom stereocenters. The number of carbonyl (C=O) groups excluding carboxylic acids is 3. The Balaban J connectivity index is 1.37. The lowest BCUT2D eigenvalue weighted by Crippen LogP contribution is -2.59. The van der Waals surface area contributed by atoms with E-state index >= 15 is 0 Å². The highest BCUT2D eigenvalue weighted by molar-refractivity contribution is 5.86. The Hall–Kier alpha value is -3.43. The Morgan fingerprint density at radius 1 is 1.07 bits per heavy atom. The summed E-state index contributed by atoms with van der Waals surface area (Å²) in [6.07, 6.45) is 3.26. The van der Waals surface area contributed by atoms with E-state index in [1.165, 1.54) is 4.90 Å². The zero-order valence-electron chi connectivity index (χ0n) is 23.1. The van der Waals surface area contributed by atoms with Gasteiger partial charge in [-0.05, 0) is 67.5 Å². The number of rotatable bonds is 4. The van der Waals surface area contributed by atoms with Crippen molar-refractivity contribution in [2.75, 3.05) is 32.8 Å². The minimum Gasteiger partial charge on any atom is -0.457 e. The van der Waals surface area contributed by atoms with Crippen molar-refractivity contribution in [3.05, 3.63) is 59.7 Å². The number of aliphatic hydroxyl groups is 1. The van der Waals surface area contributed by atoms with Gasteiger partial charge in [-0.25, -0.2) is 0 Å². The number of nitrogens with zero attached hydrogens (tertiary/aromatic N) is 2. The van der Waals surface area contributed by atoms with E-state index in [2.05, 4.69) is 5.32 Å². The molecule has 3 amide bonds. The summed E-state index contributed by atoms with van der Waals surface area (Å²) >= 11 is 0. The number of piperidine rings is 1. The predicted octanol–water partition coefficient (Wildman–Crippen LogP) is 3.04. The van der Waals surface area contributed by atoms with E-state index < -0.39 is 6.04 Å². The van der Waals surface area contributed by atoms with E-state index in [4.69, 9.17) is 9.47 Å². The summed E-state index contributed by atoms with van der Waals surface area (Å²) in [4.78, 5) is 42.9. The standard InChI is InChI=1S/C31H39N3O6/c1-31(13-14-31)30(38)34-16-12-27-26(19-34)32-28(36)20-33(15-3-17-35)29(37)11-8-22-6-9-24(10-7-22)40-25-5-2-4-23(18-25)21-39-27/h2,4-7,9-10,18,26-27,35H,3,8,11-17,19-21H2,1H3,(H,32,36)/t26-,27-/m0/s1. The van der Waals surface area contributed by atoms with E-state index in [0.29, 0.717) is 57.0 Å². The summed E-state index contributed by atoms with van der Waals surface area (Å²) in [6, 6.07) is 15.0.